The molecule has 0 amide bonds. The molecule has 0 fully saturated rings. The highest BCUT2D eigenvalue weighted by Gasteiger charge is 2.32. The van der Waals surface area contributed by atoms with Crippen LogP contribution in [-0.4, -0.2) is 28.6 Å². The summed E-state index contributed by atoms with van der Waals surface area (Å²) in [6.07, 6.45) is -5.34. The highest BCUT2D eigenvalue weighted by atomic mass is 35.5. The van der Waals surface area contributed by atoms with Crippen LogP contribution in [0.1, 0.15) is 28.4 Å². The first kappa shape index (κ1) is 22.9. The predicted octanol–water partition coefficient (Wildman–Crippen LogP) is 4.86. The molecule has 0 saturated carbocycles. The number of benzene rings is 2. The van der Waals surface area contributed by atoms with E-state index in [0.29, 0.717) is 12.1 Å². The maximum absolute atomic E-state index is 12.8. The highest BCUT2D eigenvalue weighted by molar-refractivity contribution is 6.32. The van der Waals surface area contributed by atoms with E-state index in [1.54, 1.807) is 0 Å². The van der Waals surface area contributed by atoms with Crippen LogP contribution in [0.2, 0.25) is 5.02 Å². The molecule has 0 aliphatic heterocycles. The van der Waals surface area contributed by atoms with Crippen molar-refractivity contribution in [3.05, 3.63) is 62.2 Å². The van der Waals surface area contributed by atoms with Gasteiger partial charge in [-0.05, 0) is 31.2 Å². The van der Waals surface area contributed by atoms with Gasteiger partial charge in [-0.25, -0.2) is 4.79 Å². The van der Waals surface area contributed by atoms with Gasteiger partial charge in [0, 0.05) is 11.6 Å². The van der Waals surface area contributed by atoms with Gasteiger partial charge in [-0.15, -0.1) is 0 Å². The number of nitro groups is 1. The number of nitro benzene ring substituents is 1. The molecule has 0 atom stereocenters. The first-order valence-electron chi connectivity index (χ1n) is 8.19. The highest BCUT2D eigenvalue weighted by Crippen LogP contribution is 2.39. The maximum atomic E-state index is 12.8. The summed E-state index contributed by atoms with van der Waals surface area (Å²) in [6, 6.07) is 4.06. The molecule has 0 radical (unpaired) electrons. The van der Waals surface area contributed by atoms with Gasteiger partial charge in [0.1, 0.15) is 17.1 Å². The molecule has 30 heavy (non-hydrogen) atoms. The van der Waals surface area contributed by atoms with Crippen LogP contribution in [0.5, 0.6) is 11.5 Å². The Labute approximate surface area is 171 Å². The minimum Gasteiger partial charge on any atom is -0.477 e. The van der Waals surface area contributed by atoms with Crippen molar-refractivity contribution in [2.45, 2.75) is 19.5 Å². The zero-order valence-corrected chi connectivity index (χ0v) is 15.9. The van der Waals surface area contributed by atoms with Crippen molar-refractivity contribution in [1.82, 2.24) is 0 Å². The fourth-order valence-electron chi connectivity index (χ4n) is 2.51. The van der Waals surface area contributed by atoms with Crippen LogP contribution in [0.15, 0.2) is 30.3 Å². The largest absolute Gasteiger partial charge is 0.477 e. The van der Waals surface area contributed by atoms with Crippen LogP contribution < -0.4 is 4.74 Å². The van der Waals surface area contributed by atoms with Gasteiger partial charge in [-0.3, -0.25) is 14.9 Å². The molecule has 1 N–H and O–H groups in total. The van der Waals surface area contributed by atoms with Crippen molar-refractivity contribution in [1.29, 1.82) is 0 Å². The lowest BCUT2D eigenvalue weighted by atomic mass is 10.0. The molecule has 0 heterocycles. The lowest BCUT2D eigenvalue weighted by Crippen LogP contribution is -2.14. The third-order valence-corrected chi connectivity index (χ3v) is 4.06. The smallest absolute Gasteiger partial charge is 0.416 e. The summed E-state index contributed by atoms with van der Waals surface area (Å²) in [5.74, 6) is -3.18. The normalized spacial score (nSPS) is 11.1. The molecule has 160 valence electrons. The number of nitrogens with zero attached hydrogens (tertiary/aromatic N) is 1. The molecule has 0 saturated heterocycles. The minimum atomic E-state index is -4.65. The summed E-state index contributed by atoms with van der Waals surface area (Å²) in [6.45, 7) is 1.47. The summed E-state index contributed by atoms with van der Waals surface area (Å²) in [7, 11) is 0. The molecule has 2 aromatic carbocycles. The molecule has 0 unspecified atom stereocenters. The fourth-order valence-corrected chi connectivity index (χ4v) is 2.73. The lowest BCUT2D eigenvalue weighted by molar-refractivity contribution is -0.385. The second-order valence-corrected chi connectivity index (χ2v) is 6.13. The lowest BCUT2D eigenvalue weighted by Gasteiger charge is -2.15. The van der Waals surface area contributed by atoms with E-state index in [-0.39, 0.29) is 23.7 Å². The van der Waals surface area contributed by atoms with Crippen LogP contribution >= 0.6 is 11.6 Å². The van der Waals surface area contributed by atoms with Crippen LogP contribution in [0.3, 0.4) is 0 Å². The standard InChI is InChI=1S/C18H13ClF3NO7/c1-2-29-15(24)8-10-13(6-4-12(23(27)28)16(10)17(25)26)30-14-5-3-9(7-11(14)19)18(20,21)22/h3-7H,2,8H2,1H3,(H,25,26). The van der Waals surface area contributed by atoms with E-state index in [2.05, 4.69) is 0 Å². The number of esters is 1. The summed E-state index contributed by atoms with van der Waals surface area (Å²) in [5, 5.41) is 20.2. The van der Waals surface area contributed by atoms with Crippen molar-refractivity contribution in [3.63, 3.8) is 0 Å². The Kier molecular flexibility index (Phi) is 6.88. The van der Waals surface area contributed by atoms with E-state index in [0.717, 1.165) is 18.2 Å². The number of rotatable bonds is 7. The summed E-state index contributed by atoms with van der Waals surface area (Å²) < 4.78 is 48.5. The monoisotopic (exact) mass is 447 g/mol. The zero-order chi connectivity index (χ0) is 22.6. The summed E-state index contributed by atoms with van der Waals surface area (Å²) >= 11 is 5.84. The van der Waals surface area contributed by atoms with E-state index in [9.17, 15) is 38.0 Å². The molecule has 0 aliphatic rings. The summed E-state index contributed by atoms with van der Waals surface area (Å²) in [5.41, 5.74) is -3.03. The van der Waals surface area contributed by atoms with Gasteiger partial charge < -0.3 is 14.6 Å². The Hall–Kier alpha value is -3.34. The van der Waals surface area contributed by atoms with Gasteiger partial charge in [0.2, 0.25) is 0 Å². The maximum Gasteiger partial charge on any atom is 0.416 e. The van der Waals surface area contributed by atoms with Crippen LogP contribution in [0.4, 0.5) is 18.9 Å². The van der Waals surface area contributed by atoms with Crippen LogP contribution in [0, 0.1) is 10.1 Å². The average molecular weight is 448 g/mol. The molecular weight excluding hydrogens is 435 g/mol. The third kappa shape index (κ3) is 5.17. The molecule has 8 nitrogen and oxygen atoms in total. The second-order valence-electron chi connectivity index (χ2n) is 5.73. The van der Waals surface area contributed by atoms with E-state index in [1.165, 1.54) is 6.92 Å². The molecule has 2 rings (SSSR count). The Morgan fingerprint density at radius 3 is 2.33 bits per heavy atom. The number of carbonyl (C=O) groups excluding carboxylic acids is 1. The third-order valence-electron chi connectivity index (χ3n) is 3.76. The predicted molar refractivity (Wildman–Crippen MR) is 96.9 cm³/mol. The van der Waals surface area contributed by atoms with Crippen molar-refractivity contribution in [3.8, 4) is 11.5 Å². The van der Waals surface area contributed by atoms with Gasteiger partial charge in [0.05, 0.1) is 28.5 Å². The number of carboxylic acid groups (broad SMARTS) is 1. The molecule has 0 bridgehead atoms. The number of halogens is 4. The number of alkyl halides is 3. The molecule has 0 aliphatic carbocycles. The number of ether oxygens (including phenoxy) is 2. The van der Waals surface area contributed by atoms with Crippen LogP contribution in [0.25, 0.3) is 0 Å². The number of aromatic carboxylic acids is 1. The number of hydrogen-bond acceptors (Lipinski definition) is 6. The zero-order valence-electron chi connectivity index (χ0n) is 15.2. The molecule has 2 aromatic rings. The first-order chi connectivity index (χ1) is 14.0. The van der Waals surface area contributed by atoms with E-state index in [4.69, 9.17) is 21.1 Å². The fraction of sp³-hybridized carbons (Fsp3) is 0.222. The minimum absolute atomic E-state index is 0.0307. The number of carboxylic acids is 1. The molecule has 12 heteroatoms. The van der Waals surface area contributed by atoms with Crippen molar-refractivity contribution < 1.29 is 42.3 Å². The number of carbonyl (C=O) groups is 2. The second kappa shape index (κ2) is 8.99. The Bertz CT molecular complexity index is 1010. The van der Waals surface area contributed by atoms with Gasteiger partial charge >= 0.3 is 18.1 Å². The molecule has 0 aromatic heterocycles. The van der Waals surface area contributed by atoms with E-state index >= 15 is 0 Å². The van der Waals surface area contributed by atoms with E-state index in [1.807, 2.05) is 0 Å². The van der Waals surface area contributed by atoms with Crippen molar-refractivity contribution in [2.24, 2.45) is 0 Å². The van der Waals surface area contributed by atoms with E-state index < -0.39 is 51.3 Å². The Morgan fingerprint density at radius 2 is 1.83 bits per heavy atom. The van der Waals surface area contributed by atoms with Crippen molar-refractivity contribution in [2.75, 3.05) is 6.61 Å². The SMILES string of the molecule is CCOC(=O)Cc1c(Oc2ccc(C(F)(F)F)cc2Cl)ccc([N+](=O)[O-])c1C(=O)O. The van der Waals surface area contributed by atoms with Gasteiger partial charge in [-0.1, -0.05) is 11.6 Å². The van der Waals surface area contributed by atoms with Gasteiger partial charge in [-0.2, -0.15) is 13.2 Å². The van der Waals surface area contributed by atoms with Gasteiger partial charge in [0.15, 0.2) is 0 Å². The van der Waals surface area contributed by atoms with Gasteiger partial charge in [0.25, 0.3) is 5.69 Å². The quantitative estimate of drug-likeness (QED) is 0.366. The van der Waals surface area contributed by atoms with Crippen molar-refractivity contribution >= 4 is 29.2 Å². The average Bonchev–Trinajstić information content (AvgIpc) is 2.63. The molecule has 0 spiro atoms. The number of hydrogen-bond donors (Lipinski definition) is 1. The molecular formula is C18H13ClF3NO7. The Morgan fingerprint density at radius 1 is 1.20 bits per heavy atom. The van der Waals surface area contributed by atoms with Crippen LogP contribution in [-0.2, 0) is 22.1 Å². The Balaban J connectivity index is 2.59. The summed E-state index contributed by atoms with van der Waals surface area (Å²) in [4.78, 5) is 33.8. The topological polar surface area (TPSA) is 116 Å². The first-order valence-corrected chi connectivity index (χ1v) is 8.57.